The van der Waals surface area contributed by atoms with E-state index in [0.717, 1.165) is 31.9 Å². The van der Waals surface area contributed by atoms with Gasteiger partial charge in [-0.05, 0) is 36.8 Å². The largest absolute Gasteiger partial charge is 0.378 e. The van der Waals surface area contributed by atoms with E-state index in [4.69, 9.17) is 4.74 Å². The first kappa shape index (κ1) is 16.5. The maximum atomic E-state index is 12.6. The first-order valence-electron chi connectivity index (χ1n) is 8.68. The number of hydrogen-bond donors (Lipinski definition) is 0. The van der Waals surface area contributed by atoms with Crippen LogP contribution in [-0.2, 0) is 4.74 Å². The lowest BCUT2D eigenvalue weighted by atomic mass is 10.2. The Bertz CT molecular complexity index is 1000. The number of morpholine rings is 1. The van der Waals surface area contributed by atoms with Gasteiger partial charge in [0.15, 0.2) is 0 Å². The Morgan fingerprint density at radius 1 is 1.08 bits per heavy atom. The minimum atomic E-state index is -0.158. The average molecular weight is 348 g/mol. The SMILES string of the molecule is Cc1nc2ccccc2c(=O)n1N=Cc1ccc(N2CCOCC2)cc1. The van der Waals surface area contributed by atoms with E-state index >= 15 is 0 Å². The third-order valence-electron chi connectivity index (χ3n) is 4.51. The number of aromatic nitrogens is 2. The zero-order valence-electron chi connectivity index (χ0n) is 14.6. The van der Waals surface area contributed by atoms with Gasteiger partial charge in [-0.1, -0.05) is 24.3 Å². The van der Waals surface area contributed by atoms with Crippen LogP contribution in [0, 0.1) is 6.92 Å². The molecule has 26 heavy (non-hydrogen) atoms. The van der Waals surface area contributed by atoms with Gasteiger partial charge in [-0.25, -0.2) is 4.98 Å². The van der Waals surface area contributed by atoms with Crippen LogP contribution in [-0.4, -0.2) is 42.2 Å². The van der Waals surface area contributed by atoms with Crippen LogP contribution in [0.3, 0.4) is 0 Å². The Hall–Kier alpha value is -2.99. The molecule has 2 heterocycles. The van der Waals surface area contributed by atoms with E-state index < -0.39 is 0 Å². The summed E-state index contributed by atoms with van der Waals surface area (Å²) in [6.45, 7) is 5.13. The van der Waals surface area contributed by atoms with Crippen molar-refractivity contribution in [1.29, 1.82) is 0 Å². The van der Waals surface area contributed by atoms with Crippen LogP contribution in [0.5, 0.6) is 0 Å². The van der Waals surface area contributed by atoms with E-state index in [0.29, 0.717) is 16.7 Å². The summed E-state index contributed by atoms with van der Waals surface area (Å²) in [5, 5.41) is 4.92. The number of para-hydroxylation sites is 1. The summed E-state index contributed by atoms with van der Waals surface area (Å²) in [6.07, 6.45) is 1.69. The second-order valence-electron chi connectivity index (χ2n) is 6.23. The van der Waals surface area contributed by atoms with Crippen molar-refractivity contribution in [3.63, 3.8) is 0 Å². The Labute approximate surface area is 151 Å². The van der Waals surface area contributed by atoms with Crippen molar-refractivity contribution in [3.8, 4) is 0 Å². The minimum absolute atomic E-state index is 0.158. The number of nitrogens with zero attached hydrogens (tertiary/aromatic N) is 4. The highest BCUT2D eigenvalue weighted by atomic mass is 16.5. The third-order valence-corrected chi connectivity index (χ3v) is 4.51. The van der Waals surface area contributed by atoms with Crippen molar-refractivity contribution in [2.24, 2.45) is 5.10 Å². The number of hydrogen-bond acceptors (Lipinski definition) is 5. The van der Waals surface area contributed by atoms with E-state index in [1.165, 1.54) is 10.4 Å². The van der Waals surface area contributed by atoms with Gasteiger partial charge in [0, 0.05) is 18.8 Å². The molecular weight excluding hydrogens is 328 g/mol. The van der Waals surface area contributed by atoms with Crippen LogP contribution in [0.15, 0.2) is 58.4 Å². The lowest BCUT2D eigenvalue weighted by Crippen LogP contribution is -2.36. The summed E-state index contributed by atoms with van der Waals surface area (Å²) in [5.74, 6) is 0.565. The predicted molar refractivity (Wildman–Crippen MR) is 103 cm³/mol. The molecule has 0 aliphatic carbocycles. The first-order chi connectivity index (χ1) is 12.7. The molecule has 0 radical (unpaired) electrons. The molecule has 1 aromatic heterocycles. The molecule has 1 aliphatic rings. The first-order valence-corrected chi connectivity index (χ1v) is 8.68. The van der Waals surface area contributed by atoms with Gasteiger partial charge in [0.25, 0.3) is 5.56 Å². The Kier molecular flexibility index (Phi) is 4.50. The van der Waals surface area contributed by atoms with Gasteiger partial charge in [0.2, 0.25) is 0 Å². The second-order valence-corrected chi connectivity index (χ2v) is 6.23. The van der Waals surface area contributed by atoms with Crippen molar-refractivity contribution in [1.82, 2.24) is 9.66 Å². The monoisotopic (exact) mass is 348 g/mol. The number of benzene rings is 2. The summed E-state index contributed by atoms with van der Waals surface area (Å²) >= 11 is 0. The summed E-state index contributed by atoms with van der Waals surface area (Å²) in [7, 11) is 0. The molecule has 1 fully saturated rings. The van der Waals surface area contributed by atoms with Crippen molar-refractivity contribution in [2.45, 2.75) is 6.92 Å². The molecule has 0 unspecified atom stereocenters. The molecule has 1 saturated heterocycles. The Balaban J connectivity index is 1.60. The summed E-state index contributed by atoms with van der Waals surface area (Å²) in [4.78, 5) is 19.4. The molecule has 3 aromatic rings. The highest BCUT2D eigenvalue weighted by Crippen LogP contribution is 2.16. The molecule has 0 spiro atoms. The molecule has 4 rings (SSSR count). The maximum absolute atomic E-state index is 12.6. The number of aryl methyl sites for hydroxylation is 1. The molecule has 0 saturated carbocycles. The normalized spacial score (nSPS) is 15.0. The van der Waals surface area contributed by atoms with Crippen molar-refractivity contribution >= 4 is 22.8 Å². The maximum Gasteiger partial charge on any atom is 0.282 e. The summed E-state index contributed by atoms with van der Waals surface area (Å²) in [6, 6.07) is 15.5. The van der Waals surface area contributed by atoms with E-state index in [1.807, 2.05) is 30.3 Å². The van der Waals surface area contributed by atoms with Crippen LogP contribution in [0.25, 0.3) is 10.9 Å². The molecule has 0 N–H and O–H groups in total. The van der Waals surface area contributed by atoms with Crippen LogP contribution in [0.2, 0.25) is 0 Å². The zero-order valence-corrected chi connectivity index (χ0v) is 14.6. The van der Waals surface area contributed by atoms with Crippen LogP contribution >= 0.6 is 0 Å². The second kappa shape index (κ2) is 7.09. The van der Waals surface area contributed by atoms with Gasteiger partial charge < -0.3 is 9.64 Å². The number of ether oxygens (including phenoxy) is 1. The van der Waals surface area contributed by atoms with E-state index in [-0.39, 0.29) is 5.56 Å². The average Bonchev–Trinajstić information content (AvgIpc) is 2.69. The fourth-order valence-corrected chi connectivity index (χ4v) is 3.09. The van der Waals surface area contributed by atoms with Gasteiger partial charge >= 0.3 is 0 Å². The molecule has 0 bridgehead atoms. The molecule has 1 aliphatic heterocycles. The molecule has 2 aromatic carbocycles. The topological polar surface area (TPSA) is 59.7 Å². The Morgan fingerprint density at radius 3 is 2.58 bits per heavy atom. The summed E-state index contributed by atoms with van der Waals surface area (Å²) in [5.41, 5.74) is 2.64. The van der Waals surface area contributed by atoms with Gasteiger partial charge in [-0.3, -0.25) is 4.79 Å². The van der Waals surface area contributed by atoms with E-state index in [2.05, 4.69) is 27.1 Å². The highest BCUT2D eigenvalue weighted by molar-refractivity contribution is 5.81. The molecule has 132 valence electrons. The highest BCUT2D eigenvalue weighted by Gasteiger charge is 2.10. The van der Waals surface area contributed by atoms with Gasteiger partial charge in [-0.15, -0.1) is 0 Å². The van der Waals surface area contributed by atoms with Crippen molar-refractivity contribution in [3.05, 3.63) is 70.3 Å². The lowest BCUT2D eigenvalue weighted by Gasteiger charge is -2.28. The number of fused-ring (bicyclic) bond motifs is 1. The lowest BCUT2D eigenvalue weighted by molar-refractivity contribution is 0.122. The summed E-state index contributed by atoms with van der Waals surface area (Å²) < 4.78 is 6.73. The molecular formula is C20H20N4O2. The predicted octanol–water partition coefficient (Wildman–Crippen LogP) is 2.42. The molecule has 6 nitrogen and oxygen atoms in total. The zero-order chi connectivity index (χ0) is 17.9. The minimum Gasteiger partial charge on any atom is -0.378 e. The van der Waals surface area contributed by atoms with Crippen LogP contribution < -0.4 is 10.5 Å². The van der Waals surface area contributed by atoms with Crippen LogP contribution in [0.4, 0.5) is 5.69 Å². The quantitative estimate of drug-likeness (QED) is 0.682. The molecule has 6 heteroatoms. The van der Waals surface area contributed by atoms with Gasteiger partial charge in [0.1, 0.15) is 5.82 Å². The van der Waals surface area contributed by atoms with Crippen LogP contribution in [0.1, 0.15) is 11.4 Å². The van der Waals surface area contributed by atoms with E-state index in [9.17, 15) is 4.79 Å². The fourth-order valence-electron chi connectivity index (χ4n) is 3.09. The van der Waals surface area contributed by atoms with Gasteiger partial charge in [0.05, 0.1) is 30.3 Å². The number of anilines is 1. The Morgan fingerprint density at radius 2 is 1.81 bits per heavy atom. The fraction of sp³-hybridized carbons (Fsp3) is 0.250. The van der Waals surface area contributed by atoms with E-state index in [1.54, 1.807) is 19.2 Å². The third kappa shape index (κ3) is 3.23. The van der Waals surface area contributed by atoms with Gasteiger partial charge in [-0.2, -0.15) is 9.78 Å². The van der Waals surface area contributed by atoms with Crippen molar-refractivity contribution in [2.75, 3.05) is 31.2 Å². The standard InChI is InChI=1S/C20H20N4O2/c1-15-22-19-5-3-2-4-18(19)20(25)24(15)21-14-16-6-8-17(9-7-16)23-10-12-26-13-11-23/h2-9,14H,10-13H2,1H3. The smallest absolute Gasteiger partial charge is 0.282 e. The molecule has 0 atom stereocenters. The molecule has 0 amide bonds. The number of rotatable bonds is 3. The van der Waals surface area contributed by atoms with Crippen molar-refractivity contribution < 1.29 is 4.74 Å².